The van der Waals surface area contributed by atoms with Crippen LogP contribution in [-0.4, -0.2) is 19.1 Å². The molecule has 0 amide bonds. The molecular weight excluding hydrogens is 365 g/mol. The SMILES string of the molecule is C=C(C)CNC(N)=NCc1ccccc1COCC.I. The van der Waals surface area contributed by atoms with E-state index in [1.807, 2.05) is 32.0 Å². The Morgan fingerprint density at radius 2 is 2.00 bits per heavy atom. The summed E-state index contributed by atoms with van der Waals surface area (Å²) in [5, 5.41) is 3.01. The summed E-state index contributed by atoms with van der Waals surface area (Å²) in [6.07, 6.45) is 0. The highest BCUT2D eigenvalue weighted by Gasteiger charge is 2.01. The summed E-state index contributed by atoms with van der Waals surface area (Å²) in [4.78, 5) is 4.32. The smallest absolute Gasteiger partial charge is 0.189 e. The van der Waals surface area contributed by atoms with E-state index in [1.54, 1.807) is 0 Å². The molecule has 20 heavy (non-hydrogen) atoms. The molecule has 0 heterocycles. The Hall–Kier alpha value is -1.08. The minimum Gasteiger partial charge on any atom is -0.377 e. The van der Waals surface area contributed by atoms with E-state index in [0.29, 0.717) is 32.3 Å². The lowest BCUT2D eigenvalue weighted by atomic mass is 10.1. The highest BCUT2D eigenvalue weighted by molar-refractivity contribution is 14.0. The van der Waals surface area contributed by atoms with Crippen LogP contribution in [0.25, 0.3) is 0 Å². The van der Waals surface area contributed by atoms with Crippen molar-refractivity contribution < 1.29 is 4.74 Å². The van der Waals surface area contributed by atoms with E-state index in [9.17, 15) is 0 Å². The predicted octanol–water partition coefficient (Wildman–Crippen LogP) is 2.82. The van der Waals surface area contributed by atoms with Crippen LogP contribution in [0.3, 0.4) is 0 Å². The number of nitrogens with two attached hydrogens (primary N) is 1. The monoisotopic (exact) mass is 389 g/mol. The maximum Gasteiger partial charge on any atom is 0.189 e. The van der Waals surface area contributed by atoms with Gasteiger partial charge in [-0.15, -0.1) is 24.0 Å². The zero-order chi connectivity index (χ0) is 14.1. The Morgan fingerprint density at radius 1 is 1.35 bits per heavy atom. The molecule has 0 atom stereocenters. The third kappa shape index (κ3) is 7.49. The van der Waals surface area contributed by atoms with E-state index in [1.165, 1.54) is 0 Å². The quantitative estimate of drug-likeness (QED) is 0.326. The number of nitrogens with zero attached hydrogens (tertiary/aromatic N) is 1. The average molecular weight is 389 g/mol. The van der Waals surface area contributed by atoms with Crippen molar-refractivity contribution in [1.82, 2.24) is 5.32 Å². The van der Waals surface area contributed by atoms with Crippen molar-refractivity contribution in [2.75, 3.05) is 13.2 Å². The first kappa shape index (κ1) is 18.9. The van der Waals surface area contributed by atoms with Crippen molar-refractivity contribution in [3.05, 3.63) is 47.5 Å². The molecule has 0 unspecified atom stereocenters. The number of aliphatic imine (C=N–C) groups is 1. The fourth-order valence-corrected chi connectivity index (χ4v) is 1.53. The molecule has 4 nitrogen and oxygen atoms in total. The Labute approximate surface area is 138 Å². The second-order valence-corrected chi connectivity index (χ2v) is 4.42. The second kappa shape index (κ2) is 10.7. The number of hydrogen-bond acceptors (Lipinski definition) is 2. The molecule has 0 aliphatic rings. The Balaban J connectivity index is 0.00000361. The van der Waals surface area contributed by atoms with Crippen LogP contribution < -0.4 is 11.1 Å². The van der Waals surface area contributed by atoms with Crippen molar-refractivity contribution in [3.8, 4) is 0 Å². The van der Waals surface area contributed by atoms with E-state index in [0.717, 1.165) is 16.7 Å². The van der Waals surface area contributed by atoms with E-state index in [-0.39, 0.29) is 24.0 Å². The van der Waals surface area contributed by atoms with Gasteiger partial charge in [-0.1, -0.05) is 36.4 Å². The van der Waals surface area contributed by atoms with Crippen LogP contribution in [-0.2, 0) is 17.9 Å². The number of benzene rings is 1. The lowest BCUT2D eigenvalue weighted by Crippen LogP contribution is -2.32. The van der Waals surface area contributed by atoms with Gasteiger partial charge in [-0.05, 0) is 25.0 Å². The molecule has 0 fully saturated rings. The molecule has 0 saturated heterocycles. The van der Waals surface area contributed by atoms with Crippen LogP contribution >= 0.6 is 24.0 Å². The molecule has 1 rings (SSSR count). The Bertz CT molecular complexity index is 446. The van der Waals surface area contributed by atoms with Gasteiger partial charge in [0.05, 0.1) is 13.2 Å². The van der Waals surface area contributed by atoms with Crippen molar-refractivity contribution in [2.24, 2.45) is 10.7 Å². The number of halogens is 1. The standard InChI is InChI=1S/C15H23N3O.HI/c1-4-19-11-14-8-6-5-7-13(14)10-18-15(16)17-9-12(2)3;/h5-8H,2,4,9-11H2,1,3H3,(H3,16,17,18);1H. The number of nitrogens with one attached hydrogen (secondary N) is 1. The summed E-state index contributed by atoms with van der Waals surface area (Å²) in [5.74, 6) is 0.439. The average Bonchev–Trinajstić information content (AvgIpc) is 2.41. The molecule has 0 saturated carbocycles. The van der Waals surface area contributed by atoms with Gasteiger partial charge in [-0.3, -0.25) is 0 Å². The molecule has 0 radical (unpaired) electrons. The molecule has 0 aromatic heterocycles. The molecule has 0 spiro atoms. The van der Waals surface area contributed by atoms with Gasteiger partial charge in [0.25, 0.3) is 0 Å². The van der Waals surface area contributed by atoms with Crippen LogP contribution in [0.2, 0.25) is 0 Å². The minimum absolute atomic E-state index is 0. The van der Waals surface area contributed by atoms with Gasteiger partial charge >= 0.3 is 0 Å². The van der Waals surface area contributed by atoms with E-state index >= 15 is 0 Å². The fraction of sp³-hybridized carbons (Fsp3) is 0.400. The maximum atomic E-state index is 5.79. The number of ether oxygens (including phenoxy) is 1. The van der Waals surface area contributed by atoms with Crippen LogP contribution in [0, 0.1) is 0 Å². The molecule has 0 aliphatic carbocycles. The topological polar surface area (TPSA) is 59.6 Å². The highest BCUT2D eigenvalue weighted by atomic mass is 127. The van der Waals surface area contributed by atoms with Gasteiger partial charge in [0.1, 0.15) is 0 Å². The fourth-order valence-electron chi connectivity index (χ4n) is 1.53. The molecule has 5 heteroatoms. The number of guanidine groups is 1. The number of hydrogen-bond donors (Lipinski definition) is 2. The molecule has 1 aromatic carbocycles. The Morgan fingerprint density at radius 3 is 2.60 bits per heavy atom. The zero-order valence-electron chi connectivity index (χ0n) is 12.2. The van der Waals surface area contributed by atoms with Gasteiger partial charge in [0.2, 0.25) is 0 Å². The van der Waals surface area contributed by atoms with E-state index < -0.39 is 0 Å². The molecule has 0 bridgehead atoms. The largest absolute Gasteiger partial charge is 0.377 e. The van der Waals surface area contributed by atoms with Gasteiger partial charge in [-0.25, -0.2) is 4.99 Å². The third-order valence-corrected chi connectivity index (χ3v) is 2.57. The zero-order valence-corrected chi connectivity index (χ0v) is 14.5. The van der Waals surface area contributed by atoms with Crippen molar-refractivity contribution >= 4 is 29.9 Å². The summed E-state index contributed by atoms with van der Waals surface area (Å²) in [6, 6.07) is 8.10. The van der Waals surface area contributed by atoms with Crippen molar-refractivity contribution in [3.63, 3.8) is 0 Å². The molecular formula is C15H24IN3O. The third-order valence-electron chi connectivity index (χ3n) is 2.57. The molecule has 0 aliphatic heterocycles. The summed E-state index contributed by atoms with van der Waals surface area (Å²) in [6.45, 7) is 10.3. The van der Waals surface area contributed by atoms with E-state index in [2.05, 4.69) is 23.0 Å². The molecule has 3 N–H and O–H groups in total. The summed E-state index contributed by atoms with van der Waals surface area (Å²) in [7, 11) is 0. The first-order valence-corrected chi connectivity index (χ1v) is 6.46. The second-order valence-electron chi connectivity index (χ2n) is 4.42. The molecule has 112 valence electrons. The van der Waals surface area contributed by atoms with Crippen LogP contribution in [0.4, 0.5) is 0 Å². The Kier molecular flexibility index (Phi) is 10.1. The predicted molar refractivity (Wildman–Crippen MR) is 95.3 cm³/mol. The van der Waals surface area contributed by atoms with Crippen molar-refractivity contribution in [1.29, 1.82) is 0 Å². The lowest BCUT2D eigenvalue weighted by Gasteiger charge is -2.09. The van der Waals surface area contributed by atoms with E-state index in [4.69, 9.17) is 10.5 Å². The first-order valence-electron chi connectivity index (χ1n) is 6.46. The minimum atomic E-state index is 0. The normalized spacial score (nSPS) is 10.8. The summed E-state index contributed by atoms with van der Waals surface area (Å²) >= 11 is 0. The number of rotatable bonds is 7. The molecule has 1 aromatic rings. The van der Waals surface area contributed by atoms with Crippen LogP contribution in [0.5, 0.6) is 0 Å². The van der Waals surface area contributed by atoms with Gasteiger partial charge in [0, 0.05) is 13.2 Å². The lowest BCUT2D eigenvalue weighted by molar-refractivity contribution is 0.133. The maximum absolute atomic E-state index is 5.79. The highest BCUT2D eigenvalue weighted by Crippen LogP contribution is 2.11. The summed E-state index contributed by atoms with van der Waals surface area (Å²) < 4.78 is 5.44. The van der Waals surface area contributed by atoms with Gasteiger partial charge in [0.15, 0.2) is 5.96 Å². The van der Waals surface area contributed by atoms with Crippen LogP contribution in [0.15, 0.2) is 41.4 Å². The first-order chi connectivity index (χ1) is 9.13. The van der Waals surface area contributed by atoms with Gasteiger partial charge < -0.3 is 15.8 Å². The van der Waals surface area contributed by atoms with Crippen molar-refractivity contribution in [2.45, 2.75) is 27.0 Å². The summed E-state index contributed by atoms with van der Waals surface area (Å²) in [5.41, 5.74) is 9.10. The van der Waals surface area contributed by atoms with Gasteiger partial charge in [-0.2, -0.15) is 0 Å². The van der Waals surface area contributed by atoms with Crippen LogP contribution in [0.1, 0.15) is 25.0 Å².